The molecule has 0 bridgehead atoms. The highest BCUT2D eigenvalue weighted by Crippen LogP contribution is 2.12. The number of ether oxygens (including phenoxy) is 2. The highest BCUT2D eigenvalue weighted by Gasteiger charge is 2.04. The van der Waals surface area contributed by atoms with Crippen molar-refractivity contribution in [3.63, 3.8) is 0 Å². The molecule has 0 aliphatic rings. The lowest BCUT2D eigenvalue weighted by Gasteiger charge is -2.13. The Labute approximate surface area is 137 Å². The minimum Gasteiger partial charge on any atom is -0.481 e. The van der Waals surface area contributed by atoms with E-state index in [2.05, 4.69) is 20.6 Å². The van der Waals surface area contributed by atoms with E-state index < -0.39 is 0 Å². The van der Waals surface area contributed by atoms with Crippen LogP contribution in [-0.4, -0.2) is 44.9 Å². The van der Waals surface area contributed by atoms with Gasteiger partial charge in [-0.15, -0.1) is 24.0 Å². The second kappa shape index (κ2) is 11.7. The lowest BCUT2D eigenvalue weighted by atomic mass is 10.3. The van der Waals surface area contributed by atoms with E-state index in [4.69, 9.17) is 9.47 Å². The Morgan fingerprint density at radius 2 is 2.20 bits per heavy atom. The van der Waals surface area contributed by atoms with Crippen molar-refractivity contribution in [3.05, 3.63) is 23.9 Å². The Hall–Kier alpha value is -1.09. The number of guanidine groups is 1. The van der Waals surface area contributed by atoms with Gasteiger partial charge in [0.15, 0.2) is 5.96 Å². The van der Waals surface area contributed by atoms with Gasteiger partial charge in [0, 0.05) is 38.5 Å². The van der Waals surface area contributed by atoms with Crippen molar-refractivity contribution in [1.82, 2.24) is 15.6 Å². The van der Waals surface area contributed by atoms with Crippen molar-refractivity contribution in [2.45, 2.75) is 13.5 Å². The second-order valence-corrected chi connectivity index (χ2v) is 3.72. The fourth-order valence-corrected chi connectivity index (χ4v) is 1.53. The molecule has 1 heterocycles. The number of nitrogens with zero attached hydrogens (tertiary/aromatic N) is 2. The van der Waals surface area contributed by atoms with Crippen molar-refractivity contribution in [3.8, 4) is 5.88 Å². The summed E-state index contributed by atoms with van der Waals surface area (Å²) in [7, 11) is 3.34. The van der Waals surface area contributed by atoms with E-state index in [9.17, 15) is 0 Å². The number of aromatic nitrogens is 1. The maximum absolute atomic E-state index is 5.25. The van der Waals surface area contributed by atoms with Crippen molar-refractivity contribution in [1.29, 1.82) is 0 Å². The highest BCUT2D eigenvalue weighted by atomic mass is 127. The minimum absolute atomic E-state index is 0. The zero-order valence-corrected chi connectivity index (χ0v) is 14.5. The molecule has 2 N–H and O–H groups in total. The number of halogens is 1. The standard InChI is InChI=1S/C13H22N4O2.HI/c1-4-19-9-8-16-13(14-2)17-10-11-6-5-7-15-12(11)18-3;/h5-7H,4,8-10H2,1-3H3,(H2,14,16,17);1H. The first kappa shape index (κ1) is 18.9. The molecule has 1 aromatic rings. The van der Waals surface area contributed by atoms with Crippen LogP contribution in [0.3, 0.4) is 0 Å². The van der Waals surface area contributed by atoms with E-state index in [1.54, 1.807) is 20.4 Å². The largest absolute Gasteiger partial charge is 0.481 e. The first-order chi connectivity index (χ1) is 9.31. The monoisotopic (exact) mass is 394 g/mol. The quantitative estimate of drug-likeness (QED) is 0.317. The number of hydrogen-bond acceptors (Lipinski definition) is 4. The maximum Gasteiger partial charge on any atom is 0.218 e. The van der Waals surface area contributed by atoms with Gasteiger partial charge in [0.2, 0.25) is 5.88 Å². The molecule has 0 aliphatic carbocycles. The average Bonchev–Trinajstić information content (AvgIpc) is 2.47. The summed E-state index contributed by atoms with van der Waals surface area (Å²) in [5.74, 6) is 1.35. The fraction of sp³-hybridized carbons (Fsp3) is 0.538. The number of pyridine rings is 1. The highest BCUT2D eigenvalue weighted by molar-refractivity contribution is 14.0. The van der Waals surface area contributed by atoms with Crippen LogP contribution in [0.25, 0.3) is 0 Å². The van der Waals surface area contributed by atoms with Gasteiger partial charge in [-0.1, -0.05) is 6.07 Å². The van der Waals surface area contributed by atoms with E-state index in [0.717, 1.165) is 24.7 Å². The molecule has 1 rings (SSSR count). The van der Waals surface area contributed by atoms with Gasteiger partial charge in [0.1, 0.15) is 0 Å². The Balaban J connectivity index is 0.00000361. The van der Waals surface area contributed by atoms with Gasteiger partial charge in [-0.2, -0.15) is 0 Å². The van der Waals surface area contributed by atoms with E-state index in [0.29, 0.717) is 19.0 Å². The third kappa shape index (κ3) is 6.90. The summed E-state index contributed by atoms with van der Waals surface area (Å²) in [6, 6.07) is 3.84. The van der Waals surface area contributed by atoms with Gasteiger partial charge in [0.05, 0.1) is 13.7 Å². The summed E-state index contributed by atoms with van der Waals surface area (Å²) in [4.78, 5) is 8.28. The van der Waals surface area contributed by atoms with Crippen molar-refractivity contribution in [2.24, 2.45) is 4.99 Å². The van der Waals surface area contributed by atoms with Crippen molar-refractivity contribution >= 4 is 29.9 Å². The van der Waals surface area contributed by atoms with Gasteiger partial charge >= 0.3 is 0 Å². The molecule has 1 aromatic heterocycles. The number of rotatable bonds is 7. The summed E-state index contributed by atoms with van der Waals surface area (Å²) in [5.41, 5.74) is 0.984. The normalized spacial score (nSPS) is 10.7. The molecular weight excluding hydrogens is 371 g/mol. The first-order valence-electron chi connectivity index (χ1n) is 6.32. The van der Waals surface area contributed by atoms with Gasteiger partial charge in [-0.25, -0.2) is 4.98 Å². The molecule has 0 radical (unpaired) electrons. The minimum atomic E-state index is 0. The Morgan fingerprint density at radius 3 is 2.85 bits per heavy atom. The van der Waals surface area contributed by atoms with Gasteiger partial charge in [-0.3, -0.25) is 4.99 Å². The first-order valence-corrected chi connectivity index (χ1v) is 6.32. The molecule has 114 valence electrons. The number of methoxy groups -OCH3 is 1. The van der Waals surface area contributed by atoms with Gasteiger partial charge in [0.25, 0.3) is 0 Å². The van der Waals surface area contributed by atoms with Gasteiger partial charge in [-0.05, 0) is 13.0 Å². The number of aliphatic imine (C=N–C) groups is 1. The van der Waals surface area contributed by atoms with Crippen LogP contribution in [0, 0.1) is 0 Å². The van der Waals surface area contributed by atoms with Gasteiger partial charge < -0.3 is 20.1 Å². The molecule has 0 amide bonds. The summed E-state index contributed by atoms with van der Waals surface area (Å²) < 4.78 is 10.4. The summed E-state index contributed by atoms with van der Waals surface area (Å²) in [6.07, 6.45) is 1.71. The lowest BCUT2D eigenvalue weighted by molar-refractivity contribution is 0.152. The SMILES string of the molecule is CCOCCNC(=NC)NCc1cccnc1OC.I. The summed E-state index contributed by atoms with van der Waals surface area (Å²) in [5, 5.41) is 6.37. The topological polar surface area (TPSA) is 67.8 Å². The van der Waals surface area contributed by atoms with Crippen LogP contribution in [0.2, 0.25) is 0 Å². The smallest absolute Gasteiger partial charge is 0.218 e. The fourth-order valence-electron chi connectivity index (χ4n) is 1.53. The zero-order valence-electron chi connectivity index (χ0n) is 12.2. The molecule has 6 nitrogen and oxygen atoms in total. The molecule has 0 atom stereocenters. The second-order valence-electron chi connectivity index (χ2n) is 3.72. The van der Waals surface area contributed by atoms with E-state index in [1.165, 1.54) is 0 Å². The van der Waals surface area contributed by atoms with Crippen LogP contribution in [0.1, 0.15) is 12.5 Å². The van der Waals surface area contributed by atoms with Crippen molar-refractivity contribution in [2.75, 3.05) is 33.9 Å². The van der Waals surface area contributed by atoms with Crippen LogP contribution in [0.5, 0.6) is 5.88 Å². The Morgan fingerprint density at radius 1 is 1.40 bits per heavy atom. The Bertz CT molecular complexity index is 402. The summed E-state index contributed by atoms with van der Waals surface area (Å²) in [6.45, 7) is 4.68. The van der Waals surface area contributed by atoms with Crippen molar-refractivity contribution < 1.29 is 9.47 Å². The van der Waals surface area contributed by atoms with E-state index in [-0.39, 0.29) is 24.0 Å². The molecule has 7 heteroatoms. The number of nitrogens with one attached hydrogen (secondary N) is 2. The van der Waals surface area contributed by atoms with E-state index >= 15 is 0 Å². The molecule has 20 heavy (non-hydrogen) atoms. The molecule has 0 spiro atoms. The molecular formula is C13H23IN4O2. The van der Waals surface area contributed by atoms with E-state index in [1.807, 2.05) is 19.1 Å². The van der Waals surface area contributed by atoms with Crippen LogP contribution in [0.4, 0.5) is 0 Å². The summed E-state index contributed by atoms with van der Waals surface area (Å²) >= 11 is 0. The Kier molecular flexibility index (Phi) is 11.1. The number of hydrogen-bond donors (Lipinski definition) is 2. The predicted octanol–water partition coefficient (Wildman–Crippen LogP) is 1.41. The average molecular weight is 394 g/mol. The third-order valence-electron chi connectivity index (χ3n) is 2.46. The van der Waals surface area contributed by atoms with Crippen LogP contribution in [0.15, 0.2) is 23.3 Å². The van der Waals surface area contributed by atoms with Crippen LogP contribution < -0.4 is 15.4 Å². The van der Waals surface area contributed by atoms with Crippen LogP contribution >= 0.6 is 24.0 Å². The molecule has 0 unspecified atom stereocenters. The van der Waals surface area contributed by atoms with Crippen LogP contribution in [-0.2, 0) is 11.3 Å². The third-order valence-corrected chi connectivity index (χ3v) is 2.46. The molecule has 0 saturated carbocycles. The maximum atomic E-state index is 5.25. The zero-order chi connectivity index (χ0) is 13.9. The molecule has 0 aliphatic heterocycles. The lowest BCUT2D eigenvalue weighted by Crippen LogP contribution is -2.38. The molecule has 0 fully saturated rings. The molecule has 0 saturated heterocycles. The molecule has 0 aromatic carbocycles. The predicted molar refractivity (Wildman–Crippen MR) is 90.9 cm³/mol.